The Morgan fingerprint density at radius 3 is 3.09 bits per heavy atom. The Bertz CT molecular complexity index is 660. The van der Waals surface area contributed by atoms with Crippen molar-refractivity contribution >= 4 is 10.9 Å². The molecule has 1 aliphatic heterocycles. The summed E-state index contributed by atoms with van der Waals surface area (Å²) in [6.45, 7) is 6.69. The first-order chi connectivity index (χ1) is 10.7. The number of H-pyrrole nitrogens is 1. The third-order valence-corrected chi connectivity index (χ3v) is 5.76. The Kier molecular flexibility index (Phi) is 3.50. The Labute approximate surface area is 132 Å². The maximum absolute atomic E-state index is 5.99. The highest BCUT2D eigenvalue weighted by molar-refractivity contribution is 5.83. The molecule has 2 N–H and O–H groups in total. The van der Waals surface area contributed by atoms with Crippen molar-refractivity contribution in [1.82, 2.24) is 10.3 Å². The number of aromatic amines is 1. The maximum atomic E-state index is 5.99. The topological polar surface area (TPSA) is 37.0 Å². The average Bonchev–Trinajstić information content (AvgIpc) is 2.95. The van der Waals surface area contributed by atoms with Crippen LogP contribution in [0.1, 0.15) is 32.3 Å². The number of para-hydroxylation sites is 1. The van der Waals surface area contributed by atoms with Crippen molar-refractivity contribution in [1.29, 1.82) is 0 Å². The highest BCUT2D eigenvalue weighted by Crippen LogP contribution is 2.51. The first-order valence-corrected chi connectivity index (χ1v) is 8.58. The van der Waals surface area contributed by atoms with E-state index < -0.39 is 0 Å². The lowest BCUT2D eigenvalue weighted by atomic mass is 9.55. The molecule has 0 spiro atoms. The van der Waals surface area contributed by atoms with Crippen molar-refractivity contribution in [2.45, 2.75) is 45.3 Å². The van der Waals surface area contributed by atoms with Gasteiger partial charge in [0.25, 0.3) is 0 Å². The summed E-state index contributed by atoms with van der Waals surface area (Å²) in [5.74, 6) is 0.715. The predicted molar refractivity (Wildman–Crippen MR) is 90.0 cm³/mol. The van der Waals surface area contributed by atoms with Crippen molar-refractivity contribution < 1.29 is 4.74 Å². The van der Waals surface area contributed by atoms with E-state index in [1.54, 1.807) is 0 Å². The van der Waals surface area contributed by atoms with E-state index >= 15 is 0 Å². The summed E-state index contributed by atoms with van der Waals surface area (Å²) >= 11 is 0. The number of benzene rings is 1. The Hall–Kier alpha value is -1.32. The van der Waals surface area contributed by atoms with Gasteiger partial charge in [-0.1, -0.05) is 32.0 Å². The number of aromatic nitrogens is 1. The van der Waals surface area contributed by atoms with Gasteiger partial charge < -0.3 is 15.0 Å². The molecule has 2 fully saturated rings. The molecule has 0 amide bonds. The smallest absolute Gasteiger partial charge is 0.0684 e. The lowest BCUT2D eigenvalue weighted by molar-refractivity contribution is -0.192. The number of nitrogens with one attached hydrogen (secondary N) is 2. The molecule has 1 aliphatic carbocycles. The molecule has 3 heteroatoms. The lowest BCUT2D eigenvalue weighted by Gasteiger charge is -2.60. The molecule has 0 bridgehead atoms. The zero-order chi connectivity index (χ0) is 15.2. The molecule has 118 valence electrons. The Morgan fingerprint density at radius 1 is 1.32 bits per heavy atom. The maximum Gasteiger partial charge on any atom is 0.0684 e. The van der Waals surface area contributed by atoms with E-state index in [4.69, 9.17) is 4.74 Å². The number of ether oxygens (including phenoxy) is 1. The molecule has 1 aromatic heterocycles. The molecule has 0 unspecified atom stereocenters. The molecular formula is C19H26N2O. The van der Waals surface area contributed by atoms with Crippen molar-refractivity contribution in [3.63, 3.8) is 0 Å². The van der Waals surface area contributed by atoms with Crippen LogP contribution in [0.5, 0.6) is 0 Å². The van der Waals surface area contributed by atoms with Gasteiger partial charge in [0, 0.05) is 41.1 Å². The van der Waals surface area contributed by atoms with Gasteiger partial charge in [-0.05, 0) is 37.4 Å². The van der Waals surface area contributed by atoms with E-state index in [2.05, 4.69) is 54.6 Å². The molecule has 0 radical (unpaired) electrons. The fraction of sp³-hybridized carbons (Fsp3) is 0.579. The van der Waals surface area contributed by atoms with Crippen LogP contribution in [0, 0.1) is 11.3 Å². The highest BCUT2D eigenvalue weighted by atomic mass is 16.5. The van der Waals surface area contributed by atoms with Gasteiger partial charge in [0.2, 0.25) is 0 Å². The van der Waals surface area contributed by atoms with Gasteiger partial charge in [-0.25, -0.2) is 0 Å². The molecule has 1 saturated carbocycles. The van der Waals surface area contributed by atoms with Gasteiger partial charge in [0.15, 0.2) is 0 Å². The van der Waals surface area contributed by atoms with Crippen LogP contribution in [0.25, 0.3) is 10.9 Å². The van der Waals surface area contributed by atoms with Crippen LogP contribution in [0.3, 0.4) is 0 Å². The largest absolute Gasteiger partial charge is 0.377 e. The van der Waals surface area contributed by atoms with Crippen molar-refractivity contribution in [2.24, 2.45) is 11.3 Å². The summed E-state index contributed by atoms with van der Waals surface area (Å²) in [5, 5.41) is 5.18. The van der Waals surface area contributed by atoms with Gasteiger partial charge in [0.05, 0.1) is 6.10 Å². The molecule has 3 atom stereocenters. The summed E-state index contributed by atoms with van der Waals surface area (Å²) < 4.78 is 5.99. The first-order valence-electron chi connectivity index (χ1n) is 8.58. The molecule has 22 heavy (non-hydrogen) atoms. The van der Waals surface area contributed by atoms with E-state index in [-0.39, 0.29) is 5.41 Å². The second-order valence-electron chi connectivity index (χ2n) is 7.46. The average molecular weight is 298 g/mol. The van der Waals surface area contributed by atoms with E-state index in [0.29, 0.717) is 18.1 Å². The molecule has 2 heterocycles. The van der Waals surface area contributed by atoms with E-state index in [1.165, 1.54) is 29.3 Å². The van der Waals surface area contributed by atoms with Gasteiger partial charge in [-0.15, -0.1) is 0 Å². The van der Waals surface area contributed by atoms with E-state index in [0.717, 1.165) is 19.6 Å². The summed E-state index contributed by atoms with van der Waals surface area (Å²) in [5.41, 5.74) is 2.92. The van der Waals surface area contributed by atoms with Gasteiger partial charge in [-0.3, -0.25) is 0 Å². The summed E-state index contributed by atoms with van der Waals surface area (Å²) in [7, 11) is 0. The van der Waals surface area contributed by atoms with Gasteiger partial charge >= 0.3 is 0 Å². The third kappa shape index (κ3) is 2.19. The normalized spacial score (nSPS) is 30.0. The standard InChI is InChI=1S/C19H26N2O/c1-19(2)17(15-7-5-11-22-18(15)19)20-10-9-13-12-21-16-8-4-3-6-14(13)16/h3-4,6,8,12,15,17-18,20-21H,5,7,9-11H2,1-2H3/t15-,17-,18+/m1/s1. The summed E-state index contributed by atoms with van der Waals surface area (Å²) in [6.07, 6.45) is 6.24. The molecule has 2 aromatic rings. The third-order valence-electron chi connectivity index (χ3n) is 5.76. The Balaban J connectivity index is 1.39. The quantitative estimate of drug-likeness (QED) is 0.906. The van der Waals surface area contributed by atoms with E-state index in [9.17, 15) is 0 Å². The second-order valence-corrected chi connectivity index (χ2v) is 7.46. The van der Waals surface area contributed by atoms with Crippen molar-refractivity contribution in [2.75, 3.05) is 13.2 Å². The number of fused-ring (bicyclic) bond motifs is 2. The van der Waals surface area contributed by atoms with E-state index in [1.807, 2.05) is 0 Å². The number of rotatable bonds is 4. The second kappa shape index (κ2) is 5.39. The molecule has 4 rings (SSSR count). The highest BCUT2D eigenvalue weighted by Gasteiger charge is 2.57. The van der Waals surface area contributed by atoms with Crippen LogP contribution in [0.4, 0.5) is 0 Å². The number of hydrogen-bond acceptors (Lipinski definition) is 2. The lowest BCUT2D eigenvalue weighted by Crippen LogP contribution is -2.69. The molecule has 3 nitrogen and oxygen atoms in total. The molecular weight excluding hydrogens is 272 g/mol. The predicted octanol–water partition coefficient (Wildman–Crippen LogP) is 3.50. The zero-order valence-electron chi connectivity index (χ0n) is 13.6. The number of hydrogen-bond donors (Lipinski definition) is 2. The first kappa shape index (κ1) is 14.3. The van der Waals surface area contributed by atoms with Crippen LogP contribution >= 0.6 is 0 Å². The van der Waals surface area contributed by atoms with Crippen molar-refractivity contribution in [3.05, 3.63) is 36.0 Å². The SMILES string of the molecule is CC1(C)[C@H](NCCc2c[nH]c3ccccc23)[C@H]2CCCO[C@@H]21. The minimum absolute atomic E-state index is 0.269. The minimum atomic E-state index is 0.269. The van der Waals surface area contributed by atoms with Crippen LogP contribution in [0.2, 0.25) is 0 Å². The fourth-order valence-corrected chi connectivity index (χ4v) is 4.64. The fourth-order valence-electron chi connectivity index (χ4n) is 4.64. The monoisotopic (exact) mass is 298 g/mol. The molecule has 2 aliphatic rings. The van der Waals surface area contributed by atoms with Crippen LogP contribution < -0.4 is 5.32 Å². The van der Waals surface area contributed by atoms with Crippen LogP contribution in [-0.2, 0) is 11.2 Å². The minimum Gasteiger partial charge on any atom is -0.377 e. The summed E-state index contributed by atoms with van der Waals surface area (Å²) in [6, 6.07) is 9.15. The van der Waals surface area contributed by atoms with Gasteiger partial charge in [0.1, 0.15) is 0 Å². The Morgan fingerprint density at radius 2 is 2.18 bits per heavy atom. The molecule has 1 aromatic carbocycles. The van der Waals surface area contributed by atoms with Gasteiger partial charge in [-0.2, -0.15) is 0 Å². The zero-order valence-corrected chi connectivity index (χ0v) is 13.6. The van der Waals surface area contributed by atoms with Crippen molar-refractivity contribution in [3.8, 4) is 0 Å². The van der Waals surface area contributed by atoms with Crippen LogP contribution in [-0.4, -0.2) is 30.3 Å². The molecule has 1 saturated heterocycles. The van der Waals surface area contributed by atoms with Crippen LogP contribution in [0.15, 0.2) is 30.5 Å². The summed E-state index contributed by atoms with van der Waals surface area (Å²) in [4.78, 5) is 3.37.